The Morgan fingerprint density at radius 1 is 1.21 bits per heavy atom. The van der Waals surface area contributed by atoms with Gasteiger partial charge >= 0.3 is 5.97 Å². The molecule has 0 fully saturated rings. The van der Waals surface area contributed by atoms with Gasteiger partial charge in [-0.15, -0.1) is 0 Å². The van der Waals surface area contributed by atoms with Crippen molar-refractivity contribution in [1.82, 2.24) is 0 Å². The first-order chi connectivity index (χ1) is 6.61. The molecule has 1 rings (SSSR count). The van der Waals surface area contributed by atoms with Gasteiger partial charge in [0.15, 0.2) is 6.10 Å². The van der Waals surface area contributed by atoms with Gasteiger partial charge in [0, 0.05) is 6.42 Å². The van der Waals surface area contributed by atoms with E-state index < -0.39 is 18.2 Å². The largest absolute Gasteiger partial charge is 0.479 e. The predicted molar refractivity (Wildman–Crippen MR) is 49.8 cm³/mol. The lowest BCUT2D eigenvalue weighted by Gasteiger charge is -2.13. The van der Waals surface area contributed by atoms with E-state index in [0.29, 0.717) is 0 Å². The standard InChI is InChI=1S/C10H12O4/c11-8(9(12)10(13)14)6-7-4-2-1-3-5-7/h1-5,8-9,11-12H,6H2,(H,13,14)/t8-,9+/m1/s1. The number of rotatable bonds is 4. The van der Waals surface area contributed by atoms with Crippen LogP contribution >= 0.6 is 0 Å². The summed E-state index contributed by atoms with van der Waals surface area (Å²) in [7, 11) is 0. The quantitative estimate of drug-likeness (QED) is 0.635. The van der Waals surface area contributed by atoms with Crippen LogP contribution in [0.2, 0.25) is 0 Å². The molecule has 0 bridgehead atoms. The molecule has 0 saturated heterocycles. The fourth-order valence-corrected chi connectivity index (χ4v) is 1.13. The van der Waals surface area contributed by atoms with Gasteiger partial charge in [0.1, 0.15) is 0 Å². The third-order valence-corrected chi connectivity index (χ3v) is 1.91. The molecule has 1 aromatic carbocycles. The fourth-order valence-electron chi connectivity index (χ4n) is 1.13. The summed E-state index contributed by atoms with van der Waals surface area (Å²) in [6.45, 7) is 0. The van der Waals surface area contributed by atoms with Crippen molar-refractivity contribution in [3.8, 4) is 0 Å². The highest BCUT2D eigenvalue weighted by Gasteiger charge is 2.23. The summed E-state index contributed by atoms with van der Waals surface area (Å²) in [4.78, 5) is 10.3. The fraction of sp³-hybridized carbons (Fsp3) is 0.300. The van der Waals surface area contributed by atoms with E-state index in [-0.39, 0.29) is 6.42 Å². The van der Waals surface area contributed by atoms with Crippen LogP contribution in [0.4, 0.5) is 0 Å². The Bertz CT molecular complexity index is 296. The second-order valence-corrected chi connectivity index (χ2v) is 3.04. The summed E-state index contributed by atoms with van der Waals surface area (Å²) in [5.74, 6) is -1.41. The Labute approximate surface area is 81.4 Å². The molecule has 1 aromatic rings. The first-order valence-electron chi connectivity index (χ1n) is 4.24. The van der Waals surface area contributed by atoms with Crippen molar-refractivity contribution in [2.24, 2.45) is 0 Å². The van der Waals surface area contributed by atoms with Crippen LogP contribution < -0.4 is 0 Å². The van der Waals surface area contributed by atoms with Gasteiger partial charge in [-0.05, 0) is 5.56 Å². The molecule has 0 spiro atoms. The maximum absolute atomic E-state index is 10.3. The van der Waals surface area contributed by atoms with Crippen LogP contribution in [0, 0.1) is 0 Å². The zero-order valence-corrected chi connectivity index (χ0v) is 7.50. The average molecular weight is 196 g/mol. The first-order valence-corrected chi connectivity index (χ1v) is 4.24. The number of carbonyl (C=O) groups is 1. The van der Waals surface area contributed by atoms with E-state index in [9.17, 15) is 9.90 Å². The van der Waals surface area contributed by atoms with Gasteiger partial charge < -0.3 is 15.3 Å². The SMILES string of the molecule is O=C(O)[C@@H](O)[C@H](O)Cc1ccccc1. The van der Waals surface area contributed by atoms with Crippen LogP contribution in [0.1, 0.15) is 5.56 Å². The number of carboxylic acid groups (broad SMARTS) is 1. The van der Waals surface area contributed by atoms with Crippen LogP contribution in [-0.4, -0.2) is 33.5 Å². The van der Waals surface area contributed by atoms with Crippen molar-refractivity contribution < 1.29 is 20.1 Å². The van der Waals surface area contributed by atoms with Crippen molar-refractivity contribution in [1.29, 1.82) is 0 Å². The van der Waals surface area contributed by atoms with Crippen LogP contribution in [0.3, 0.4) is 0 Å². The van der Waals surface area contributed by atoms with Gasteiger partial charge in [-0.1, -0.05) is 30.3 Å². The summed E-state index contributed by atoms with van der Waals surface area (Å²) in [6.07, 6.45) is -2.86. The third-order valence-electron chi connectivity index (χ3n) is 1.91. The zero-order chi connectivity index (χ0) is 10.6. The highest BCUT2D eigenvalue weighted by molar-refractivity contribution is 5.72. The van der Waals surface area contributed by atoms with E-state index in [0.717, 1.165) is 5.56 Å². The van der Waals surface area contributed by atoms with Crippen LogP contribution in [-0.2, 0) is 11.2 Å². The molecule has 0 aliphatic carbocycles. The lowest BCUT2D eigenvalue weighted by atomic mass is 10.0. The van der Waals surface area contributed by atoms with Gasteiger partial charge in [-0.25, -0.2) is 4.79 Å². The van der Waals surface area contributed by atoms with E-state index in [1.165, 1.54) is 0 Å². The first kappa shape index (κ1) is 10.7. The average Bonchev–Trinajstić information content (AvgIpc) is 2.18. The van der Waals surface area contributed by atoms with Crippen molar-refractivity contribution in [2.45, 2.75) is 18.6 Å². The molecule has 3 N–H and O–H groups in total. The highest BCUT2D eigenvalue weighted by atomic mass is 16.4. The summed E-state index contributed by atoms with van der Waals surface area (Å²) in [6, 6.07) is 8.92. The molecule has 0 aromatic heterocycles. The molecule has 4 nitrogen and oxygen atoms in total. The highest BCUT2D eigenvalue weighted by Crippen LogP contribution is 2.05. The van der Waals surface area contributed by atoms with Crippen molar-refractivity contribution >= 4 is 5.97 Å². The van der Waals surface area contributed by atoms with E-state index in [1.54, 1.807) is 24.3 Å². The van der Waals surface area contributed by atoms with Crippen molar-refractivity contribution in [2.75, 3.05) is 0 Å². The Balaban J connectivity index is 2.57. The topological polar surface area (TPSA) is 77.8 Å². The second kappa shape index (κ2) is 4.74. The van der Waals surface area contributed by atoms with Gasteiger partial charge in [-0.3, -0.25) is 0 Å². The number of aliphatic hydroxyl groups excluding tert-OH is 2. The van der Waals surface area contributed by atoms with E-state index in [2.05, 4.69) is 0 Å². The second-order valence-electron chi connectivity index (χ2n) is 3.04. The maximum atomic E-state index is 10.3. The van der Waals surface area contributed by atoms with Gasteiger partial charge in [0.2, 0.25) is 0 Å². The van der Waals surface area contributed by atoms with E-state index in [4.69, 9.17) is 10.2 Å². The molecule has 0 aliphatic heterocycles. The summed E-state index contributed by atoms with van der Waals surface area (Å²) in [5.41, 5.74) is 0.792. The molecule has 0 amide bonds. The maximum Gasteiger partial charge on any atom is 0.335 e. The minimum Gasteiger partial charge on any atom is -0.479 e. The van der Waals surface area contributed by atoms with Gasteiger partial charge in [-0.2, -0.15) is 0 Å². The number of hydrogen-bond acceptors (Lipinski definition) is 3. The minimum atomic E-state index is -1.73. The summed E-state index contributed by atoms with van der Waals surface area (Å²) in [5, 5.41) is 26.7. The van der Waals surface area contributed by atoms with Crippen LogP contribution in [0.15, 0.2) is 30.3 Å². The Kier molecular flexibility index (Phi) is 3.62. The lowest BCUT2D eigenvalue weighted by molar-refractivity contribution is -0.152. The molecule has 0 heterocycles. The van der Waals surface area contributed by atoms with Crippen molar-refractivity contribution in [3.05, 3.63) is 35.9 Å². The normalized spacial score (nSPS) is 14.7. The molecule has 0 saturated carbocycles. The molecular weight excluding hydrogens is 184 g/mol. The van der Waals surface area contributed by atoms with Crippen LogP contribution in [0.5, 0.6) is 0 Å². The number of hydrogen-bond donors (Lipinski definition) is 3. The number of aliphatic hydroxyl groups is 2. The van der Waals surface area contributed by atoms with Gasteiger partial charge in [0.05, 0.1) is 6.10 Å². The van der Waals surface area contributed by atoms with Crippen molar-refractivity contribution in [3.63, 3.8) is 0 Å². The molecule has 0 radical (unpaired) electrons. The summed E-state index contributed by atoms with van der Waals surface area (Å²) < 4.78 is 0. The third kappa shape index (κ3) is 2.83. The Morgan fingerprint density at radius 2 is 1.79 bits per heavy atom. The van der Waals surface area contributed by atoms with Gasteiger partial charge in [0.25, 0.3) is 0 Å². The molecular formula is C10H12O4. The molecule has 0 aliphatic rings. The number of benzene rings is 1. The smallest absolute Gasteiger partial charge is 0.335 e. The zero-order valence-electron chi connectivity index (χ0n) is 7.50. The Hall–Kier alpha value is -1.39. The molecule has 2 atom stereocenters. The molecule has 0 unspecified atom stereocenters. The van der Waals surface area contributed by atoms with Crippen LogP contribution in [0.25, 0.3) is 0 Å². The van der Waals surface area contributed by atoms with E-state index >= 15 is 0 Å². The molecule has 14 heavy (non-hydrogen) atoms. The molecule has 76 valence electrons. The number of carboxylic acids is 1. The molecule has 4 heteroatoms. The number of aliphatic carboxylic acids is 1. The summed E-state index contributed by atoms with van der Waals surface area (Å²) >= 11 is 0. The predicted octanol–water partition coefficient (Wildman–Crippen LogP) is 0.0355. The monoisotopic (exact) mass is 196 g/mol. The minimum absolute atomic E-state index is 0.133. The van der Waals surface area contributed by atoms with E-state index in [1.807, 2.05) is 6.07 Å². The Morgan fingerprint density at radius 3 is 2.29 bits per heavy atom. The lowest BCUT2D eigenvalue weighted by Crippen LogP contribution is -2.35.